The first-order valence-electron chi connectivity index (χ1n) is 7.30. The van der Waals surface area contributed by atoms with Crippen molar-refractivity contribution in [1.29, 1.82) is 0 Å². The van der Waals surface area contributed by atoms with Crippen LogP contribution >= 0.6 is 0 Å². The van der Waals surface area contributed by atoms with Crippen LogP contribution in [0.1, 0.15) is 49.9 Å². The molecule has 0 spiro atoms. The Hall–Kier alpha value is -2.57. The van der Waals surface area contributed by atoms with Crippen LogP contribution in [0.4, 0.5) is 0 Å². The second-order valence-corrected chi connectivity index (χ2v) is 5.61. The van der Waals surface area contributed by atoms with Crippen LogP contribution in [0.5, 0.6) is 0 Å². The highest BCUT2D eigenvalue weighted by Crippen LogP contribution is 2.22. The van der Waals surface area contributed by atoms with Crippen molar-refractivity contribution in [3.8, 4) is 5.69 Å². The predicted octanol–water partition coefficient (Wildman–Crippen LogP) is 2.29. The minimum Gasteiger partial charge on any atom is -0.264 e. The highest BCUT2D eigenvalue weighted by atomic mass is 15.4. The zero-order valence-electron chi connectivity index (χ0n) is 13.2. The van der Waals surface area contributed by atoms with E-state index in [1.54, 1.807) is 17.2 Å². The van der Waals surface area contributed by atoms with Crippen molar-refractivity contribution in [3.05, 3.63) is 48.3 Å². The summed E-state index contributed by atoms with van der Waals surface area (Å²) in [7, 11) is 0. The van der Waals surface area contributed by atoms with E-state index in [2.05, 4.69) is 34.0 Å². The molecule has 3 aromatic rings. The molecular formula is C15H19N7. The molecule has 0 aromatic carbocycles. The maximum absolute atomic E-state index is 4.73. The molecule has 114 valence electrons. The molecule has 0 fully saturated rings. The average Bonchev–Trinajstić information content (AvgIpc) is 3.17. The fraction of sp³-hybridized carbons (Fsp3) is 0.400. The normalized spacial score (nSPS) is 12.8. The van der Waals surface area contributed by atoms with Crippen molar-refractivity contribution < 1.29 is 0 Å². The number of hydrogen-bond donors (Lipinski definition) is 0. The molecule has 3 rings (SSSR count). The van der Waals surface area contributed by atoms with Crippen LogP contribution in [0.15, 0.2) is 31.1 Å². The van der Waals surface area contributed by atoms with Crippen LogP contribution in [-0.4, -0.2) is 34.5 Å². The number of hydrogen-bond acceptors (Lipinski definition) is 5. The molecule has 0 aliphatic carbocycles. The molecule has 0 N–H and O–H groups in total. The summed E-state index contributed by atoms with van der Waals surface area (Å²) >= 11 is 0. The van der Waals surface area contributed by atoms with Gasteiger partial charge < -0.3 is 0 Å². The van der Waals surface area contributed by atoms with Gasteiger partial charge in [0.25, 0.3) is 0 Å². The molecule has 0 bridgehead atoms. The Labute approximate surface area is 129 Å². The lowest BCUT2D eigenvalue weighted by Crippen LogP contribution is -2.14. The first-order chi connectivity index (χ1) is 10.6. The molecule has 0 aliphatic heterocycles. The summed E-state index contributed by atoms with van der Waals surface area (Å²) in [4.78, 5) is 12.9. The van der Waals surface area contributed by atoms with Crippen molar-refractivity contribution in [2.24, 2.45) is 0 Å². The summed E-state index contributed by atoms with van der Waals surface area (Å²) in [5, 5.41) is 8.90. The Kier molecular flexibility index (Phi) is 3.70. The molecule has 1 atom stereocenters. The Bertz CT molecular complexity index is 758. The van der Waals surface area contributed by atoms with Crippen molar-refractivity contribution >= 4 is 0 Å². The van der Waals surface area contributed by atoms with Gasteiger partial charge in [0.05, 0.1) is 5.69 Å². The highest BCUT2D eigenvalue weighted by molar-refractivity contribution is 5.38. The lowest BCUT2D eigenvalue weighted by molar-refractivity contribution is 0.521. The quantitative estimate of drug-likeness (QED) is 0.738. The second-order valence-electron chi connectivity index (χ2n) is 5.61. The maximum atomic E-state index is 4.73. The summed E-state index contributed by atoms with van der Waals surface area (Å²) in [6.45, 7) is 8.23. The first-order valence-corrected chi connectivity index (χ1v) is 7.30. The van der Waals surface area contributed by atoms with Gasteiger partial charge in [0.15, 0.2) is 11.6 Å². The highest BCUT2D eigenvalue weighted by Gasteiger charge is 2.21. The van der Waals surface area contributed by atoms with E-state index >= 15 is 0 Å². The molecule has 0 radical (unpaired) electrons. The fourth-order valence-electron chi connectivity index (χ4n) is 2.27. The van der Waals surface area contributed by atoms with E-state index in [0.717, 1.165) is 22.9 Å². The largest absolute Gasteiger partial charge is 0.264 e. The summed E-state index contributed by atoms with van der Waals surface area (Å²) in [5.41, 5.74) is 2.03. The second kappa shape index (κ2) is 5.67. The molecule has 0 aliphatic rings. The Balaban J connectivity index is 2.15. The zero-order valence-corrected chi connectivity index (χ0v) is 13.2. The third-order valence-electron chi connectivity index (χ3n) is 3.59. The van der Waals surface area contributed by atoms with Gasteiger partial charge in [0.1, 0.15) is 18.7 Å². The summed E-state index contributed by atoms with van der Waals surface area (Å²) < 4.78 is 3.67. The minimum atomic E-state index is -0.0601. The van der Waals surface area contributed by atoms with Gasteiger partial charge in [-0.15, -0.1) is 0 Å². The monoisotopic (exact) mass is 297 g/mol. The van der Waals surface area contributed by atoms with E-state index in [-0.39, 0.29) is 12.0 Å². The lowest BCUT2D eigenvalue weighted by atomic mass is 10.2. The third-order valence-corrected chi connectivity index (χ3v) is 3.59. The molecule has 0 saturated carbocycles. The van der Waals surface area contributed by atoms with Crippen LogP contribution in [0, 0.1) is 6.92 Å². The Morgan fingerprint density at radius 1 is 1.14 bits per heavy atom. The Morgan fingerprint density at radius 3 is 2.59 bits per heavy atom. The van der Waals surface area contributed by atoms with Crippen molar-refractivity contribution in [2.45, 2.75) is 39.7 Å². The topological polar surface area (TPSA) is 74.3 Å². The molecule has 7 heteroatoms. The van der Waals surface area contributed by atoms with Crippen LogP contribution in [0.3, 0.4) is 0 Å². The number of aryl methyl sites for hydroxylation is 1. The fourth-order valence-corrected chi connectivity index (χ4v) is 2.27. The maximum Gasteiger partial charge on any atom is 0.157 e. The zero-order chi connectivity index (χ0) is 15.7. The van der Waals surface area contributed by atoms with Gasteiger partial charge in [-0.05, 0) is 25.5 Å². The van der Waals surface area contributed by atoms with Gasteiger partial charge in [-0.25, -0.2) is 19.3 Å². The standard InChI is InChI=1S/C15H19N7/c1-10(2)14-19-15(12(4)21-9-17-8-18-21)22(20-14)13-5-6-16-7-11(13)3/h5-10,12H,1-4H3. The van der Waals surface area contributed by atoms with Crippen LogP contribution < -0.4 is 0 Å². The molecule has 22 heavy (non-hydrogen) atoms. The third kappa shape index (κ3) is 2.49. The van der Waals surface area contributed by atoms with E-state index < -0.39 is 0 Å². The van der Waals surface area contributed by atoms with Gasteiger partial charge >= 0.3 is 0 Å². The average molecular weight is 297 g/mol. The number of rotatable bonds is 4. The number of pyridine rings is 1. The Morgan fingerprint density at radius 2 is 1.95 bits per heavy atom. The van der Waals surface area contributed by atoms with Gasteiger partial charge in [-0.1, -0.05) is 13.8 Å². The van der Waals surface area contributed by atoms with E-state index in [1.165, 1.54) is 6.33 Å². The molecule has 0 amide bonds. The lowest BCUT2D eigenvalue weighted by Gasteiger charge is -2.13. The van der Waals surface area contributed by atoms with Crippen LogP contribution in [0.2, 0.25) is 0 Å². The van der Waals surface area contributed by atoms with E-state index in [9.17, 15) is 0 Å². The molecule has 7 nitrogen and oxygen atoms in total. The summed E-state index contributed by atoms with van der Waals surface area (Å²) in [6.07, 6.45) is 6.81. The van der Waals surface area contributed by atoms with E-state index in [1.807, 2.05) is 30.8 Å². The van der Waals surface area contributed by atoms with Gasteiger partial charge in [-0.3, -0.25) is 4.98 Å². The molecule has 0 saturated heterocycles. The number of nitrogens with zero attached hydrogens (tertiary/aromatic N) is 7. The van der Waals surface area contributed by atoms with Crippen molar-refractivity contribution in [1.82, 2.24) is 34.5 Å². The van der Waals surface area contributed by atoms with E-state index in [4.69, 9.17) is 4.98 Å². The summed E-state index contributed by atoms with van der Waals surface area (Å²) in [6, 6.07) is 1.89. The van der Waals surface area contributed by atoms with Crippen molar-refractivity contribution in [2.75, 3.05) is 0 Å². The molecule has 1 unspecified atom stereocenters. The first kappa shape index (κ1) is 14.4. The molecule has 3 aromatic heterocycles. The summed E-state index contributed by atoms with van der Waals surface area (Å²) in [5.74, 6) is 1.91. The molecule has 3 heterocycles. The smallest absolute Gasteiger partial charge is 0.157 e. The predicted molar refractivity (Wildman–Crippen MR) is 81.8 cm³/mol. The molecular weight excluding hydrogens is 278 g/mol. The van der Waals surface area contributed by atoms with Crippen molar-refractivity contribution in [3.63, 3.8) is 0 Å². The van der Waals surface area contributed by atoms with Gasteiger partial charge in [-0.2, -0.15) is 10.2 Å². The SMILES string of the molecule is Cc1cnccc1-n1nc(C(C)C)nc1C(C)n1cncn1. The van der Waals surface area contributed by atoms with E-state index in [0.29, 0.717) is 0 Å². The van der Waals surface area contributed by atoms with Gasteiger partial charge in [0.2, 0.25) is 0 Å². The van der Waals surface area contributed by atoms with Crippen LogP contribution in [0.25, 0.3) is 5.69 Å². The number of aromatic nitrogens is 7. The van der Waals surface area contributed by atoms with Crippen LogP contribution in [-0.2, 0) is 0 Å². The minimum absolute atomic E-state index is 0.0601. The van der Waals surface area contributed by atoms with Gasteiger partial charge in [0, 0.05) is 18.3 Å².